The van der Waals surface area contributed by atoms with Gasteiger partial charge in [0.2, 0.25) is 5.91 Å². The first-order valence-electron chi connectivity index (χ1n) is 14.4. The van der Waals surface area contributed by atoms with E-state index in [2.05, 4.69) is 32.7 Å². The minimum Gasteiger partial charge on any atom is -0.455 e. The summed E-state index contributed by atoms with van der Waals surface area (Å²) in [6.07, 6.45) is 3.19. The summed E-state index contributed by atoms with van der Waals surface area (Å²) in [6, 6.07) is 25.4. The van der Waals surface area contributed by atoms with Crippen LogP contribution in [0.25, 0.3) is 5.69 Å². The molecule has 43 heavy (non-hydrogen) atoms. The van der Waals surface area contributed by atoms with E-state index >= 15 is 0 Å². The van der Waals surface area contributed by atoms with Crippen LogP contribution >= 0.6 is 23.2 Å². The third-order valence-electron chi connectivity index (χ3n) is 8.11. The predicted molar refractivity (Wildman–Crippen MR) is 167 cm³/mol. The number of carbonyl (C=O) groups excluding carboxylic acids is 2. The Kier molecular flexibility index (Phi) is 9.80. The van der Waals surface area contributed by atoms with Crippen molar-refractivity contribution in [3.05, 3.63) is 112 Å². The summed E-state index contributed by atoms with van der Waals surface area (Å²) in [5, 5.41) is 12.6. The molecule has 8 nitrogen and oxygen atoms in total. The monoisotopic (exact) mass is 619 g/mol. The van der Waals surface area contributed by atoms with Crippen LogP contribution in [0.5, 0.6) is 0 Å². The lowest BCUT2D eigenvalue weighted by molar-refractivity contribution is -0.148. The fraction of sp³-hybridized carbons (Fsp3) is 0.333. The lowest BCUT2D eigenvalue weighted by Crippen LogP contribution is -2.52. The number of esters is 1. The topological polar surface area (TPSA) is 89.3 Å². The Hall–Kier alpha value is -3.72. The van der Waals surface area contributed by atoms with Gasteiger partial charge in [0.05, 0.1) is 27.5 Å². The van der Waals surface area contributed by atoms with Crippen LogP contribution in [0, 0.1) is 0 Å². The molecule has 1 aromatic heterocycles. The molecule has 2 atom stereocenters. The van der Waals surface area contributed by atoms with Gasteiger partial charge in [-0.05, 0) is 61.2 Å². The smallest absolute Gasteiger partial charge is 0.303 e. The van der Waals surface area contributed by atoms with Gasteiger partial charge in [0.15, 0.2) is 6.10 Å². The Morgan fingerprint density at radius 2 is 1.63 bits per heavy atom. The first-order valence-corrected chi connectivity index (χ1v) is 15.2. The number of para-hydroxylation sites is 1. The molecule has 3 aromatic carbocycles. The number of carbonyl (C=O) groups is 2. The van der Waals surface area contributed by atoms with Crippen LogP contribution in [0.2, 0.25) is 10.0 Å². The number of nitrogens with one attached hydrogen (secondary N) is 1. The summed E-state index contributed by atoms with van der Waals surface area (Å²) < 4.78 is 7.75. The summed E-state index contributed by atoms with van der Waals surface area (Å²) in [7, 11) is 0. The zero-order chi connectivity index (χ0) is 30.4. The van der Waals surface area contributed by atoms with Crippen LogP contribution in [-0.4, -0.2) is 51.4 Å². The molecule has 1 saturated heterocycles. The second-order valence-corrected chi connectivity index (χ2v) is 11.8. The molecule has 0 saturated carbocycles. The molecule has 0 radical (unpaired) electrons. The van der Waals surface area contributed by atoms with Crippen molar-refractivity contribution in [2.24, 2.45) is 0 Å². The number of aromatic nitrogens is 3. The number of benzene rings is 3. The van der Waals surface area contributed by atoms with Gasteiger partial charge in [0, 0.05) is 32.9 Å². The molecule has 1 N–H and O–H groups in total. The van der Waals surface area contributed by atoms with Gasteiger partial charge in [-0.15, -0.1) is 5.10 Å². The first-order chi connectivity index (χ1) is 20.8. The van der Waals surface area contributed by atoms with Crippen molar-refractivity contribution in [2.75, 3.05) is 19.6 Å². The Balaban J connectivity index is 1.42. The number of piperidine rings is 1. The second kappa shape index (κ2) is 13.7. The molecule has 2 heterocycles. The molecule has 4 aromatic rings. The predicted octanol–water partition coefficient (Wildman–Crippen LogP) is 6.48. The molecule has 1 amide bonds. The standard InChI is InChI=1S/C33H35Cl2N5O3/c1-23(41)37-33(26-9-5-3-6-10-26)16-19-39(20-17-33)18-15-28(25-13-14-29(34)30(35)21-25)32(43-24(2)42)31-22-36-38-40(31)27-11-7-4-8-12-27/h3-14,21-22,28,32H,15-20H2,1-2H3,(H,37,41). The fourth-order valence-electron chi connectivity index (χ4n) is 6.03. The normalized spacial score (nSPS) is 16.3. The molecule has 0 spiro atoms. The van der Waals surface area contributed by atoms with Gasteiger partial charge in [0.1, 0.15) is 5.69 Å². The number of ether oxygens (including phenoxy) is 1. The summed E-state index contributed by atoms with van der Waals surface area (Å²) in [6.45, 7) is 5.31. The summed E-state index contributed by atoms with van der Waals surface area (Å²) in [4.78, 5) is 27.1. The molecule has 224 valence electrons. The van der Waals surface area contributed by atoms with Gasteiger partial charge < -0.3 is 15.0 Å². The molecule has 1 aliphatic heterocycles. The summed E-state index contributed by atoms with van der Waals surface area (Å²) >= 11 is 12.8. The summed E-state index contributed by atoms with van der Waals surface area (Å²) in [5.41, 5.74) is 3.09. The van der Waals surface area contributed by atoms with E-state index in [1.807, 2.05) is 60.7 Å². The van der Waals surface area contributed by atoms with Crippen LogP contribution in [0.3, 0.4) is 0 Å². The molecule has 10 heteroatoms. The van der Waals surface area contributed by atoms with Crippen LogP contribution < -0.4 is 5.32 Å². The summed E-state index contributed by atoms with van der Waals surface area (Å²) in [5.74, 6) is -0.711. The molecule has 2 unspecified atom stereocenters. The molecular formula is C33H35Cl2N5O3. The molecular weight excluding hydrogens is 585 g/mol. The Labute approximate surface area is 261 Å². The number of amides is 1. The molecule has 1 aliphatic rings. The van der Waals surface area contributed by atoms with Crippen molar-refractivity contribution in [2.45, 2.75) is 50.7 Å². The zero-order valence-electron chi connectivity index (χ0n) is 24.2. The highest BCUT2D eigenvalue weighted by molar-refractivity contribution is 6.42. The van der Waals surface area contributed by atoms with Crippen molar-refractivity contribution in [3.8, 4) is 5.69 Å². The van der Waals surface area contributed by atoms with E-state index in [1.165, 1.54) is 6.92 Å². The quantitative estimate of drug-likeness (QED) is 0.204. The van der Waals surface area contributed by atoms with Gasteiger partial charge in [-0.1, -0.05) is 83.0 Å². The maximum absolute atomic E-state index is 12.5. The van der Waals surface area contributed by atoms with Crippen LogP contribution in [0.4, 0.5) is 0 Å². The first kappa shape index (κ1) is 30.7. The van der Waals surface area contributed by atoms with Crippen molar-refractivity contribution in [3.63, 3.8) is 0 Å². The van der Waals surface area contributed by atoms with Gasteiger partial charge in [-0.3, -0.25) is 9.59 Å². The molecule has 0 aliphatic carbocycles. The van der Waals surface area contributed by atoms with Gasteiger partial charge in [-0.2, -0.15) is 0 Å². The Morgan fingerprint density at radius 1 is 0.953 bits per heavy atom. The minimum absolute atomic E-state index is 0.0372. The van der Waals surface area contributed by atoms with E-state index in [0.717, 1.165) is 49.3 Å². The van der Waals surface area contributed by atoms with Crippen LogP contribution in [0.15, 0.2) is 85.1 Å². The third-order valence-corrected chi connectivity index (χ3v) is 8.84. The third kappa shape index (κ3) is 7.26. The Morgan fingerprint density at radius 3 is 2.26 bits per heavy atom. The highest BCUT2D eigenvalue weighted by atomic mass is 35.5. The van der Waals surface area contributed by atoms with Crippen molar-refractivity contribution in [1.82, 2.24) is 25.2 Å². The van der Waals surface area contributed by atoms with E-state index in [0.29, 0.717) is 22.2 Å². The number of hydrogen-bond acceptors (Lipinski definition) is 6. The van der Waals surface area contributed by atoms with E-state index in [-0.39, 0.29) is 11.8 Å². The van der Waals surface area contributed by atoms with Crippen molar-refractivity contribution < 1.29 is 14.3 Å². The maximum Gasteiger partial charge on any atom is 0.303 e. The van der Waals surface area contributed by atoms with Gasteiger partial charge >= 0.3 is 5.97 Å². The maximum atomic E-state index is 12.5. The number of likely N-dealkylation sites (tertiary alicyclic amines) is 1. The van der Waals surface area contributed by atoms with Gasteiger partial charge in [0.25, 0.3) is 0 Å². The average Bonchev–Trinajstić information content (AvgIpc) is 3.49. The Bertz CT molecular complexity index is 1540. The van der Waals surface area contributed by atoms with E-state index in [4.69, 9.17) is 27.9 Å². The highest BCUT2D eigenvalue weighted by Gasteiger charge is 2.38. The van der Waals surface area contributed by atoms with Crippen LogP contribution in [-0.2, 0) is 19.9 Å². The lowest BCUT2D eigenvalue weighted by atomic mass is 9.80. The van der Waals surface area contributed by atoms with E-state index in [1.54, 1.807) is 23.9 Å². The number of hydrogen-bond donors (Lipinski definition) is 1. The minimum atomic E-state index is -0.683. The number of nitrogens with zero attached hydrogens (tertiary/aromatic N) is 4. The number of halogens is 2. The van der Waals surface area contributed by atoms with Gasteiger partial charge in [-0.25, -0.2) is 4.68 Å². The van der Waals surface area contributed by atoms with E-state index < -0.39 is 17.6 Å². The second-order valence-electron chi connectivity index (χ2n) is 11.0. The molecule has 5 rings (SSSR count). The SMILES string of the molecule is CC(=O)NC1(c2ccccc2)CCN(CCC(c2ccc(Cl)c(Cl)c2)C(OC(C)=O)c2cnnn2-c2ccccc2)CC1. The molecule has 0 bridgehead atoms. The zero-order valence-corrected chi connectivity index (χ0v) is 25.8. The van der Waals surface area contributed by atoms with Crippen molar-refractivity contribution in [1.29, 1.82) is 0 Å². The highest BCUT2D eigenvalue weighted by Crippen LogP contribution is 2.40. The van der Waals surface area contributed by atoms with Crippen LogP contribution in [0.1, 0.15) is 62.0 Å². The number of rotatable bonds is 10. The molecule has 1 fully saturated rings. The van der Waals surface area contributed by atoms with Crippen molar-refractivity contribution >= 4 is 35.1 Å². The largest absolute Gasteiger partial charge is 0.455 e. The lowest BCUT2D eigenvalue weighted by Gasteiger charge is -2.43. The average molecular weight is 621 g/mol. The fourth-order valence-corrected chi connectivity index (χ4v) is 6.34. The van der Waals surface area contributed by atoms with E-state index in [9.17, 15) is 9.59 Å².